The molecule has 0 unspecified atom stereocenters. The summed E-state index contributed by atoms with van der Waals surface area (Å²) < 4.78 is 0. The zero-order chi connectivity index (χ0) is 21.5. The summed E-state index contributed by atoms with van der Waals surface area (Å²) >= 11 is 0. The fourth-order valence-electron chi connectivity index (χ4n) is 3.89. The van der Waals surface area contributed by atoms with Crippen molar-refractivity contribution in [1.82, 2.24) is 15.5 Å². The summed E-state index contributed by atoms with van der Waals surface area (Å²) in [5.74, 6) is -0.197. The Balaban J connectivity index is 1.38. The van der Waals surface area contributed by atoms with Crippen LogP contribution in [-0.4, -0.2) is 35.8 Å². The first kappa shape index (κ1) is 20.8. The zero-order valence-electron chi connectivity index (χ0n) is 17.5. The van der Waals surface area contributed by atoms with Crippen molar-refractivity contribution in [2.24, 2.45) is 0 Å². The topological polar surface area (TPSA) is 61.4 Å². The van der Waals surface area contributed by atoms with Crippen LogP contribution < -0.4 is 10.6 Å². The lowest BCUT2D eigenvalue weighted by atomic mass is 10.0. The lowest BCUT2D eigenvalue weighted by Crippen LogP contribution is -2.56. The van der Waals surface area contributed by atoms with Gasteiger partial charge in [0.2, 0.25) is 11.8 Å². The number of hydrogen-bond acceptors (Lipinski definition) is 3. The molecule has 4 rings (SSSR count). The van der Waals surface area contributed by atoms with E-state index in [0.29, 0.717) is 19.6 Å². The predicted octanol–water partition coefficient (Wildman–Crippen LogP) is 3.36. The van der Waals surface area contributed by atoms with Gasteiger partial charge in [0.05, 0.1) is 12.5 Å². The van der Waals surface area contributed by atoms with Gasteiger partial charge in [0.15, 0.2) is 0 Å². The van der Waals surface area contributed by atoms with Crippen molar-refractivity contribution in [3.05, 3.63) is 96.1 Å². The first-order valence-corrected chi connectivity index (χ1v) is 10.7. The Kier molecular flexibility index (Phi) is 6.75. The standard InChI is InChI=1S/C26H27N3O2/c30-25(28-18-20-7-3-1-4-8-20)17-24-26(31)27-15-16-29(24)19-21-11-13-23(14-12-21)22-9-5-2-6-10-22/h1-14,24H,15-19H2,(H,27,31)(H,28,30)/t24-/m0/s1. The number of nitrogens with one attached hydrogen (secondary N) is 2. The Hall–Kier alpha value is -3.44. The molecule has 0 bridgehead atoms. The normalized spacial score (nSPS) is 16.5. The summed E-state index contributed by atoms with van der Waals surface area (Å²) in [4.78, 5) is 27.1. The minimum atomic E-state index is -0.460. The molecule has 3 aromatic rings. The molecule has 2 amide bonds. The van der Waals surface area contributed by atoms with Crippen LogP contribution in [0.1, 0.15) is 17.5 Å². The van der Waals surface area contributed by atoms with E-state index in [1.165, 1.54) is 5.56 Å². The maximum atomic E-state index is 12.5. The molecule has 31 heavy (non-hydrogen) atoms. The average Bonchev–Trinajstić information content (AvgIpc) is 2.82. The SMILES string of the molecule is O=C(C[C@H]1C(=O)NCCN1Cc1ccc(-c2ccccc2)cc1)NCc1ccccc1. The molecule has 0 aliphatic carbocycles. The molecule has 3 aromatic carbocycles. The molecular formula is C26H27N3O2. The van der Waals surface area contributed by atoms with Crippen molar-refractivity contribution in [2.45, 2.75) is 25.6 Å². The van der Waals surface area contributed by atoms with Crippen molar-refractivity contribution in [3.8, 4) is 11.1 Å². The lowest BCUT2D eigenvalue weighted by molar-refractivity contribution is -0.134. The Bertz CT molecular complexity index is 1000. The highest BCUT2D eigenvalue weighted by atomic mass is 16.2. The van der Waals surface area contributed by atoms with E-state index >= 15 is 0 Å². The molecule has 1 atom stereocenters. The van der Waals surface area contributed by atoms with Crippen LogP contribution in [0.15, 0.2) is 84.9 Å². The van der Waals surface area contributed by atoms with Gasteiger partial charge < -0.3 is 10.6 Å². The summed E-state index contributed by atoms with van der Waals surface area (Å²) in [5, 5.41) is 5.83. The molecule has 0 radical (unpaired) electrons. The third-order valence-electron chi connectivity index (χ3n) is 5.60. The van der Waals surface area contributed by atoms with Crippen LogP contribution in [0.3, 0.4) is 0 Å². The number of nitrogens with zero attached hydrogens (tertiary/aromatic N) is 1. The Morgan fingerprint density at radius 1 is 0.871 bits per heavy atom. The lowest BCUT2D eigenvalue weighted by Gasteiger charge is -2.34. The summed E-state index contributed by atoms with van der Waals surface area (Å²) in [5.41, 5.74) is 4.51. The van der Waals surface area contributed by atoms with E-state index in [2.05, 4.69) is 51.9 Å². The third-order valence-corrected chi connectivity index (χ3v) is 5.60. The van der Waals surface area contributed by atoms with E-state index in [9.17, 15) is 9.59 Å². The van der Waals surface area contributed by atoms with E-state index in [0.717, 1.165) is 23.2 Å². The van der Waals surface area contributed by atoms with Gasteiger partial charge in [-0.1, -0.05) is 84.9 Å². The van der Waals surface area contributed by atoms with Crippen LogP contribution in [0.4, 0.5) is 0 Å². The average molecular weight is 414 g/mol. The molecular weight excluding hydrogens is 386 g/mol. The van der Waals surface area contributed by atoms with Gasteiger partial charge >= 0.3 is 0 Å². The highest BCUT2D eigenvalue weighted by Gasteiger charge is 2.31. The number of benzene rings is 3. The van der Waals surface area contributed by atoms with Gasteiger partial charge in [0.25, 0.3) is 0 Å². The van der Waals surface area contributed by atoms with Crippen LogP contribution >= 0.6 is 0 Å². The van der Waals surface area contributed by atoms with Gasteiger partial charge in [0, 0.05) is 26.2 Å². The largest absolute Gasteiger partial charge is 0.353 e. The molecule has 5 nitrogen and oxygen atoms in total. The van der Waals surface area contributed by atoms with E-state index in [4.69, 9.17) is 0 Å². The number of hydrogen-bond donors (Lipinski definition) is 2. The highest BCUT2D eigenvalue weighted by molar-refractivity contribution is 5.88. The van der Waals surface area contributed by atoms with Crippen LogP contribution in [0.2, 0.25) is 0 Å². The third kappa shape index (κ3) is 5.58. The van der Waals surface area contributed by atoms with Crippen molar-refractivity contribution in [2.75, 3.05) is 13.1 Å². The molecule has 0 saturated carbocycles. The van der Waals surface area contributed by atoms with Crippen molar-refractivity contribution in [1.29, 1.82) is 0 Å². The van der Waals surface area contributed by atoms with Gasteiger partial charge in [-0.05, 0) is 22.3 Å². The van der Waals surface area contributed by atoms with E-state index in [1.807, 2.05) is 48.5 Å². The molecule has 1 heterocycles. The molecule has 5 heteroatoms. The van der Waals surface area contributed by atoms with Crippen LogP contribution in [0.5, 0.6) is 0 Å². The zero-order valence-corrected chi connectivity index (χ0v) is 17.5. The molecule has 2 N–H and O–H groups in total. The second kappa shape index (κ2) is 10.0. The van der Waals surface area contributed by atoms with Gasteiger partial charge in [-0.25, -0.2) is 0 Å². The number of amides is 2. The summed E-state index contributed by atoms with van der Waals surface area (Å²) in [6.45, 7) is 2.43. The molecule has 1 aliphatic rings. The van der Waals surface area contributed by atoms with E-state index in [-0.39, 0.29) is 18.2 Å². The maximum Gasteiger partial charge on any atom is 0.237 e. The minimum absolute atomic E-state index is 0.0815. The number of piperazine rings is 1. The number of rotatable bonds is 7. The van der Waals surface area contributed by atoms with E-state index in [1.54, 1.807) is 0 Å². The molecule has 0 spiro atoms. The monoisotopic (exact) mass is 413 g/mol. The van der Waals surface area contributed by atoms with Crippen LogP contribution in [0.25, 0.3) is 11.1 Å². The predicted molar refractivity (Wildman–Crippen MR) is 122 cm³/mol. The van der Waals surface area contributed by atoms with Crippen LogP contribution in [0, 0.1) is 0 Å². The molecule has 158 valence electrons. The Morgan fingerprint density at radius 2 is 1.52 bits per heavy atom. The first-order chi connectivity index (χ1) is 15.2. The van der Waals surface area contributed by atoms with Crippen molar-refractivity contribution >= 4 is 11.8 Å². The summed E-state index contributed by atoms with van der Waals surface area (Å²) in [6, 6.07) is 28.0. The molecule has 0 aromatic heterocycles. The maximum absolute atomic E-state index is 12.5. The number of carbonyl (C=O) groups is 2. The fraction of sp³-hybridized carbons (Fsp3) is 0.231. The minimum Gasteiger partial charge on any atom is -0.353 e. The molecule has 1 saturated heterocycles. The van der Waals surface area contributed by atoms with Gasteiger partial charge in [-0.2, -0.15) is 0 Å². The Labute approximate surface area is 183 Å². The second-order valence-electron chi connectivity index (χ2n) is 7.81. The van der Waals surface area contributed by atoms with Gasteiger partial charge in [0.1, 0.15) is 0 Å². The second-order valence-corrected chi connectivity index (χ2v) is 7.81. The highest BCUT2D eigenvalue weighted by Crippen LogP contribution is 2.21. The summed E-state index contributed by atoms with van der Waals surface area (Å²) in [7, 11) is 0. The Morgan fingerprint density at radius 3 is 2.23 bits per heavy atom. The quantitative estimate of drug-likeness (QED) is 0.624. The van der Waals surface area contributed by atoms with E-state index < -0.39 is 6.04 Å². The fourth-order valence-corrected chi connectivity index (χ4v) is 3.89. The molecule has 1 fully saturated rings. The smallest absolute Gasteiger partial charge is 0.237 e. The molecule has 1 aliphatic heterocycles. The summed E-state index contributed by atoms with van der Waals surface area (Å²) in [6.07, 6.45) is 0.154. The number of carbonyl (C=O) groups excluding carboxylic acids is 2. The first-order valence-electron chi connectivity index (χ1n) is 10.7. The van der Waals surface area contributed by atoms with Gasteiger partial charge in [-0.3, -0.25) is 14.5 Å². The van der Waals surface area contributed by atoms with Gasteiger partial charge in [-0.15, -0.1) is 0 Å². The van der Waals surface area contributed by atoms with Crippen LogP contribution in [-0.2, 0) is 22.7 Å². The van der Waals surface area contributed by atoms with Crippen molar-refractivity contribution < 1.29 is 9.59 Å². The van der Waals surface area contributed by atoms with Crippen molar-refractivity contribution in [3.63, 3.8) is 0 Å².